The maximum Gasteiger partial charge on any atom is 0.264 e. The molecule has 0 atom stereocenters. The summed E-state index contributed by atoms with van der Waals surface area (Å²) in [5.74, 6) is 0.561. The van der Waals surface area contributed by atoms with E-state index in [2.05, 4.69) is 30.1 Å². The first-order valence-electron chi connectivity index (χ1n) is 10.4. The highest BCUT2D eigenvalue weighted by atomic mass is 32.2. The molecule has 0 unspecified atom stereocenters. The first kappa shape index (κ1) is 23.1. The molecule has 0 bridgehead atoms. The standard InChI is InChI=1S/C23H22N6O4S/c1-15-14-16(2)25-23(24-15)29-34(31,32)19-10-8-18(9-11-19)26-20(30)12-13-21-27-22(28-33-21)17-6-4-3-5-7-17/h3-11,14H,12-13H2,1-2H3,(H,26,30)(H,24,25,29). The van der Waals surface area contributed by atoms with Crippen LogP contribution < -0.4 is 10.0 Å². The number of rotatable bonds is 8. The summed E-state index contributed by atoms with van der Waals surface area (Å²) in [4.78, 5) is 24.8. The Morgan fingerprint density at radius 3 is 2.29 bits per heavy atom. The van der Waals surface area contributed by atoms with Crippen LogP contribution in [0.3, 0.4) is 0 Å². The fourth-order valence-corrected chi connectivity index (χ4v) is 4.12. The van der Waals surface area contributed by atoms with Gasteiger partial charge in [-0.25, -0.2) is 23.1 Å². The predicted octanol–water partition coefficient (Wildman–Crippen LogP) is 3.52. The van der Waals surface area contributed by atoms with Crippen molar-refractivity contribution in [1.82, 2.24) is 20.1 Å². The number of hydrogen-bond acceptors (Lipinski definition) is 8. The first-order chi connectivity index (χ1) is 16.3. The van der Waals surface area contributed by atoms with Crippen LogP contribution in [0.5, 0.6) is 0 Å². The number of nitrogens with one attached hydrogen (secondary N) is 2. The van der Waals surface area contributed by atoms with E-state index in [4.69, 9.17) is 4.52 Å². The van der Waals surface area contributed by atoms with Crippen LogP contribution in [0.1, 0.15) is 23.7 Å². The van der Waals surface area contributed by atoms with E-state index in [0.717, 1.165) is 5.56 Å². The summed E-state index contributed by atoms with van der Waals surface area (Å²) in [7, 11) is -3.87. The van der Waals surface area contributed by atoms with Gasteiger partial charge in [-0.2, -0.15) is 4.98 Å². The summed E-state index contributed by atoms with van der Waals surface area (Å²) in [6.45, 7) is 3.51. The third-order valence-electron chi connectivity index (χ3n) is 4.72. The molecule has 34 heavy (non-hydrogen) atoms. The summed E-state index contributed by atoms with van der Waals surface area (Å²) >= 11 is 0. The van der Waals surface area contributed by atoms with Crippen LogP contribution in [0.25, 0.3) is 11.4 Å². The fraction of sp³-hybridized carbons (Fsp3) is 0.174. The molecule has 1 amide bonds. The molecule has 0 aliphatic heterocycles. The minimum Gasteiger partial charge on any atom is -0.339 e. The summed E-state index contributed by atoms with van der Waals surface area (Å²) in [6, 6.07) is 16.9. The van der Waals surface area contributed by atoms with Crippen molar-refractivity contribution < 1.29 is 17.7 Å². The van der Waals surface area contributed by atoms with Crippen LogP contribution in [0.2, 0.25) is 0 Å². The van der Waals surface area contributed by atoms with E-state index in [0.29, 0.717) is 28.8 Å². The van der Waals surface area contributed by atoms with E-state index in [1.807, 2.05) is 30.3 Å². The Balaban J connectivity index is 1.33. The lowest BCUT2D eigenvalue weighted by atomic mass is 10.2. The highest BCUT2D eigenvalue weighted by Gasteiger charge is 2.17. The molecule has 0 aliphatic rings. The lowest BCUT2D eigenvalue weighted by Crippen LogP contribution is -2.16. The van der Waals surface area contributed by atoms with Crippen LogP contribution >= 0.6 is 0 Å². The van der Waals surface area contributed by atoms with Gasteiger partial charge in [-0.15, -0.1) is 0 Å². The molecule has 10 nitrogen and oxygen atoms in total. The number of anilines is 2. The zero-order chi connectivity index (χ0) is 24.1. The first-order valence-corrected chi connectivity index (χ1v) is 11.9. The van der Waals surface area contributed by atoms with E-state index in [9.17, 15) is 13.2 Å². The van der Waals surface area contributed by atoms with Gasteiger partial charge in [0.2, 0.25) is 23.6 Å². The van der Waals surface area contributed by atoms with E-state index >= 15 is 0 Å². The summed E-state index contributed by atoms with van der Waals surface area (Å²) in [6.07, 6.45) is 0.403. The van der Waals surface area contributed by atoms with Crippen molar-refractivity contribution in [2.24, 2.45) is 0 Å². The minimum atomic E-state index is -3.87. The van der Waals surface area contributed by atoms with Crippen molar-refractivity contribution in [3.05, 3.63) is 77.9 Å². The van der Waals surface area contributed by atoms with Crippen molar-refractivity contribution in [2.45, 2.75) is 31.6 Å². The van der Waals surface area contributed by atoms with Gasteiger partial charge in [0, 0.05) is 35.5 Å². The normalized spacial score (nSPS) is 11.2. The van der Waals surface area contributed by atoms with Gasteiger partial charge in [-0.1, -0.05) is 35.5 Å². The Labute approximate surface area is 196 Å². The van der Waals surface area contributed by atoms with E-state index in [1.165, 1.54) is 24.3 Å². The molecule has 0 radical (unpaired) electrons. The van der Waals surface area contributed by atoms with Crippen molar-refractivity contribution in [2.75, 3.05) is 10.0 Å². The highest BCUT2D eigenvalue weighted by molar-refractivity contribution is 7.92. The number of amides is 1. The fourth-order valence-electron chi connectivity index (χ4n) is 3.17. The van der Waals surface area contributed by atoms with E-state index in [-0.39, 0.29) is 29.6 Å². The number of aryl methyl sites for hydroxylation is 3. The minimum absolute atomic E-state index is 0.00586. The molecule has 0 saturated heterocycles. The molecule has 0 spiro atoms. The smallest absolute Gasteiger partial charge is 0.264 e. The summed E-state index contributed by atoms with van der Waals surface area (Å²) in [5, 5.41) is 6.66. The van der Waals surface area contributed by atoms with E-state index in [1.54, 1.807) is 19.9 Å². The number of benzene rings is 2. The molecule has 0 fully saturated rings. The molecule has 4 aromatic rings. The number of hydrogen-bond donors (Lipinski definition) is 2. The van der Waals surface area contributed by atoms with Gasteiger partial charge < -0.3 is 9.84 Å². The zero-order valence-corrected chi connectivity index (χ0v) is 19.3. The van der Waals surface area contributed by atoms with Crippen molar-refractivity contribution >= 4 is 27.6 Å². The molecule has 11 heteroatoms. The number of sulfonamides is 1. The number of nitrogens with zero attached hydrogens (tertiary/aromatic N) is 4. The van der Waals surface area contributed by atoms with Crippen LogP contribution in [0, 0.1) is 13.8 Å². The Kier molecular flexibility index (Phi) is 6.64. The van der Waals surface area contributed by atoms with Crippen LogP contribution in [-0.4, -0.2) is 34.4 Å². The van der Waals surface area contributed by atoms with Gasteiger partial charge in [-0.3, -0.25) is 4.79 Å². The maximum absolute atomic E-state index is 12.6. The van der Waals surface area contributed by atoms with Crippen molar-refractivity contribution in [3.8, 4) is 11.4 Å². The number of aromatic nitrogens is 4. The lowest BCUT2D eigenvalue weighted by molar-refractivity contribution is -0.116. The molecule has 0 saturated carbocycles. The highest BCUT2D eigenvalue weighted by Crippen LogP contribution is 2.18. The third kappa shape index (κ3) is 5.81. The average molecular weight is 479 g/mol. The van der Waals surface area contributed by atoms with Gasteiger partial charge in [0.25, 0.3) is 10.0 Å². The second kappa shape index (κ2) is 9.79. The van der Waals surface area contributed by atoms with Gasteiger partial charge in [-0.05, 0) is 44.2 Å². The largest absolute Gasteiger partial charge is 0.339 e. The summed E-state index contributed by atoms with van der Waals surface area (Å²) < 4.78 is 32.8. The van der Waals surface area contributed by atoms with Crippen LogP contribution in [0.4, 0.5) is 11.6 Å². The Bertz CT molecular complexity index is 1380. The summed E-state index contributed by atoms with van der Waals surface area (Å²) in [5.41, 5.74) is 2.60. The quantitative estimate of drug-likeness (QED) is 0.392. The molecular formula is C23H22N6O4S. The van der Waals surface area contributed by atoms with Gasteiger partial charge in [0.1, 0.15) is 0 Å². The lowest BCUT2D eigenvalue weighted by Gasteiger charge is -2.09. The molecular weight excluding hydrogens is 456 g/mol. The SMILES string of the molecule is Cc1cc(C)nc(NS(=O)(=O)c2ccc(NC(=O)CCc3nc(-c4ccccc4)no3)cc2)n1. The molecule has 0 aliphatic carbocycles. The Morgan fingerprint density at radius 2 is 1.62 bits per heavy atom. The second-order valence-electron chi connectivity index (χ2n) is 7.53. The molecule has 4 rings (SSSR count). The monoisotopic (exact) mass is 478 g/mol. The van der Waals surface area contributed by atoms with Gasteiger partial charge in [0.15, 0.2) is 0 Å². The van der Waals surface area contributed by atoms with Crippen molar-refractivity contribution in [1.29, 1.82) is 0 Å². The predicted molar refractivity (Wildman–Crippen MR) is 125 cm³/mol. The average Bonchev–Trinajstić information content (AvgIpc) is 3.27. The third-order valence-corrected chi connectivity index (χ3v) is 6.07. The van der Waals surface area contributed by atoms with Crippen LogP contribution in [-0.2, 0) is 21.2 Å². The van der Waals surface area contributed by atoms with Gasteiger partial charge >= 0.3 is 0 Å². The second-order valence-corrected chi connectivity index (χ2v) is 9.21. The Morgan fingerprint density at radius 1 is 0.941 bits per heavy atom. The Hall–Kier alpha value is -4.12. The molecule has 2 N–H and O–H groups in total. The number of carbonyl (C=O) groups is 1. The van der Waals surface area contributed by atoms with Crippen LogP contribution in [0.15, 0.2) is 70.1 Å². The number of carbonyl (C=O) groups excluding carboxylic acids is 1. The molecule has 2 aromatic heterocycles. The zero-order valence-electron chi connectivity index (χ0n) is 18.5. The molecule has 2 heterocycles. The molecule has 2 aromatic carbocycles. The maximum atomic E-state index is 12.6. The topological polar surface area (TPSA) is 140 Å². The van der Waals surface area contributed by atoms with Crippen molar-refractivity contribution in [3.63, 3.8) is 0 Å². The van der Waals surface area contributed by atoms with E-state index < -0.39 is 10.0 Å². The molecule has 174 valence electrons. The van der Waals surface area contributed by atoms with Gasteiger partial charge in [0.05, 0.1) is 4.90 Å².